The molecule has 5 aliphatic rings. The van der Waals surface area contributed by atoms with Gasteiger partial charge in [-0.3, -0.25) is 0 Å². The van der Waals surface area contributed by atoms with Crippen LogP contribution in [0, 0.1) is 40.9 Å². The summed E-state index contributed by atoms with van der Waals surface area (Å²) in [6.45, 7) is 2.47. The Kier molecular flexibility index (Phi) is 3.00. The number of hydrogen-bond acceptors (Lipinski definition) is 2. The molecule has 4 aliphatic carbocycles. The van der Waals surface area contributed by atoms with E-state index in [9.17, 15) is 13.2 Å². The first-order valence-electron chi connectivity index (χ1n) is 9.32. The molecule has 7 heteroatoms. The molecule has 3 saturated carbocycles. The van der Waals surface area contributed by atoms with E-state index in [1.165, 1.54) is 13.8 Å². The van der Waals surface area contributed by atoms with Crippen molar-refractivity contribution in [3.8, 4) is 0 Å². The molecule has 4 bridgehead atoms. The summed E-state index contributed by atoms with van der Waals surface area (Å²) < 4.78 is 82.0. The maximum Gasteiger partial charge on any atom is 0.449 e. The summed E-state index contributed by atoms with van der Waals surface area (Å²) in [7, 11) is 0.673. The molecular weight excluding hydrogens is 355 g/mol. The van der Waals surface area contributed by atoms with Crippen LogP contribution < -0.4 is 0 Å². The van der Waals surface area contributed by atoms with Crippen LogP contribution in [0.3, 0.4) is 0 Å². The summed E-state index contributed by atoms with van der Waals surface area (Å²) in [5.41, 5.74) is -3.48. The Labute approximate surface area is 149 Å². The summed E-state index contributed by atoms with van der Waals surface area (Å²) in [4.78, 5) is 0. The highest BCUT2D eigenvalue weighted by Crippen LogP contribution is 2.77. The van der Waals surface area contributed by atoms with E-state index in [1.807, 2.05) is 0 Å². The van der Waals surface area contributed by atoms with Gasteiger partial charge in [0.15, 0.2) is 0 Å². The predicted molar refractivity (Wildman–Crippen MR) is 82.3 cm³/mol. The number of halogens is 5. The fraction of sp³-hybridized carbons (Fsp3) is 0.895. The van der Waals surface area contributed by atoms with Crippen molar-refractivity contribution in [1.29, 1.82) is 0 Å². The van der Waals surface area contributed by atoms with Crippen molar-refractivity contribution < 1.29 is 31.4 Å². The highest BCUT2D eigenvalue weighted by atomic mass is 19.4. The van der Waals surface area contributed by atoms with Crippen LogP contribution in [0.25, 0.3) is 0 Å². The molecule has 0 radical (unpaired) electrons. The van der Waals surface area contributed by atoms with E-state index in [-0.39, 0.29) is 30.1 Å². The van der Waals surface area contributed by atoms with E-state index in [4.69, 9.17) is 4.74 Å². The number of allylic oxidation sites excluding steroid dienone is 2. The largest absolute Gasteiger partial charge is 0.449 e. The fourth-order valence-corrected chi connectivity index (χ4v) is 7.51. The zero-order valence-corrected chi connectivity index (χ0v) is 14.9. The fourth-order valence-electron chi connectivity index (χ4n) is 7.51. The quantitative estimate of drug-likeness (QED) is 0.371. The lowest BCUT2D eigenvalue weighted by molar-refractivity contribution is -0.425. The van der Waals surface area contributed by atoms with E-state index in [2.05, 4.69) is 16.9 Å². The smallest absolute Gasteiger partial charge is 0.341 e. The van der Waals surface area contributed by atoms with Crippen molar-refractivity contribution in [1.82, 2.24) is 0 Å². The topological polar surface area (TPSA) is 18.5 Å². The van der Waals surface area contributed by atoms with Crippen molar-refractivity contribution >= 4 is 0 Å². The number of ether oxygens (including phenoxy) is 2. The minimum absolute atomic E-state index is 0.153. The van der Waals surface area contributed by atoms with Crippen LogP contribution in [0.2, 0.25) is 0 Å². The summed E-state index contributed by atoms with van der Waals surface area (Å²) in [5.74, 6) is -6.88. The number of methoxy groups -OCH3 is 1. The highest BCUT2D eigenvalue weighted by molar-refractivity contribution is 5.29. The van der Waals surface area contributed by atoms with E-state index >= 15 is 8.78 Å². The third-order valence-electron chi connectivity index (χ3n) is 8.56. The number of alkyl halides is 5. The van der Waals surface area contributed by atoms with Crippen LogP contribution in [-0.2, 0) is 9.47 Å². The van der Waals surface area contributed by atoms with Gasteiger partial charge in [0.25, 0.3) is 0 Å². The second-order valence-corrected chi connectivity index (χ2v) is 9.42. The monoisotopic (exact) mass is 378 g/mol. The SMILES string of the molecule is COC1(C(F)(F)F)OC2(CC3CC2C2C4C=CC(C4)C32)C(C)(C)C1(F)F. The van der Waals surface area contributed by atoms with Gasteiger partial charge in [-0.15, -0.1) is 0 Å². The average Bonchev–Trinajstić information content (AvgIpc) is 3.29. The molecule has 8 atom stereocenters. The lowest BCUT2D eigenvalue weighted by Gasteiger charge is -2.49. The minimum Gasteiger partial charge on any atom is -0.341 e. The van der Waals surface area contributed by atoms with Crippen LogP contribution in [0.4, 0.5) is 22.0 Å². The van der Waals surface area contributed by atoms with Gasteiger partial charge in [0.1, 0.15) is 0 Å². The minimum atomic E-state index is -5.32. The molecule has 146 valence electrons. The second-order valence-electron chi connectivity index (χ2n) is 9.42. The first-order chi connectivity index (χ1) is 11.9. The Morgan fingerprint density at radius 1 is 1.04 bits per heavy atom. The van der Waals surface area contributed by atoms with Gasteiger partial charge in [0.2, 0.25) is 0 Å². The second kappa shape index (κ2) is 4.48. The standard InChI is InChI=1S/C19H23F5O2/c1-15(2)16(26-18(25-3,17(15,20)21)19(22,23)24)8-11-7-12(16)14-10-5-4-9(6-10)13(11)14/h4-5,9-14H,6-8H2,1-3H3. The molecule has 0 aromatic heterocycles. The molecule has 26 heavy (non-hydrogen) atoms. The van der Waals surface area contributed by atoms with Crippen LogP contribution >= 0.6 is 0 Å². The van der Waals surface area contributed by atoms with Gasteiger partial charge in [-0.2, -0.15) is 22.0 Å². The molecule has 0 amide bonds. The Hall–Kier alpha value is -0.690. The Balaban J connectivity index is 1.64. The first kappa shape index (κ1) is 17.4. The van der Waals surface area contributed by atoms with Gasteiger partial charge in [-0.25, -0.2) is 0 Å². The zero-order chi connectivity index (χ0) is 18.9. The van der Waals surface area contributed by atoms with Gasteiger partial charge >= 0.3 is 17.9 Å². The van der Waals surface area contributed by atoms with Gasteiger partial charge in [0, 0.05) is 7.11 Å². The molecule has 5 rings (SSSR count). The molecule has 2 nitrogen and oxygen atoms in total. The van der Waals surface area contributed by atoms with Crippen LogP contribution in [0.15, 0.2) is 12.2 Å². The van der Waals surface area contributed by atoms with Crippen molar-refractivity contribution in [3.63, 3.8) is 0 Å². The number of fused-ring (bicyclic) bond motifs is 10. The maximum atomic E-state index is 15.3. The Bertz CT molecular complexity index is 686. The van der Waals surface area contributed by atoms with Crippen molar-refractivity contribution in [2.24, 2.45) is 40.9 Å². The third kappa shape index (κ3) is 1.49. The molecule has 0 N–H and O–H groups in total. The van der Waals surface area contributed by atoms with Crippen LogP contribution in [0.5, 0.6) is 0 Å². The molecule has 1 heterocycles. The lowest BCUT2D eigenvalue weighted by Crippen LogP contribution is -2.61. The van der Waals surface area contributed by atoms with Gasteiger partial charge in [-0.1, -0.05) is 26.0 Å². The Morgan fingerprint density at radius 2 is 1.65 bits per heavy atom. The lowest BCUT2D eigenvalue weighted by atomic mass is 9.58. The summed E-state index contributed by atoms with van der Waals surface area (Å²) in [6.07, 6.45) is 0.976. The van der Waals surface area contributed by atoms with E-state index in [0.29, 0.717) is 25.4 Å². The highest BCUT2D eigenvalue weighted by Gasteiger charge is 2.90. The van der Waals surface area contributed by atoms with E-state index < -0.39 is 28.9 Å². The molecular formula is C19H23F5O2. The van der Waals surface area contributed by atoms with Crippen molar-refractivity contribution in [3.05, 3.63) is 12.2 Å². The molecule has 0 aromatic carbocycles. The van der Waals surface area contributed by atoms with Crippen molar-refractivity contribution in [2.45, 2.75) is 56.6 Å². The van der Waals surface area contributed by atoms with E-state index in [1.54, 1.807) is 0 Å². The molecule has 4 fully saturated rings. The van der Waals surface area contributed by atoms with Gasteiger partial charge in [-0.05, 0) is 54.8 Å². The van der Waals surface area contributed by atoms with Crippen LogP contribution in [0.1, 0.15) is 33.1 Å². The predicted octanol–water partition coefficient (Wildman–Crippen LogP) is 4.80. The summed E-state index contributed by atoms with van der Waals surface area (Å²) >= 11 is 0. The molecule has 0 aromatic rings. The van der Waals surface area contributed by atoms with E-state index in [0.717, 1.165) is 6.42 Å². The van der Waals surface area contributed by atoms with Gasteiger partial charge in [0.05, 0.1) is 11.0 Å². The molecule has 1 spiro atoms. The van der Waals surface area contributed by atoms with Crippen molar-refractivity contribution in [2.75, 3.05) is 7.11 Å². The normalized spacial score (nSPS) is 55.2. The maximum absolute atomic E-state index is 15.3. The summed E-state index contributed by atoms with van der Waals surface area (Å²) in [5, 5.41) is 0. The Morgan fingerprint density at radius 3 is 2.19 bits per heavy atom. The van der Waals surface area contributed by atoms with Crippen LogP contribution in [-0.4, -0.2) is 30.6 Å². The zero-order valence-electron chi connectivity index (χ0n) is 14.9. The number of hydrogen-bond donors (Lipinski definition) is 0. The summed E-state index contributed by atoms with van der Waals surface area (Å²) in [6, 6.07) is 0. The average molecular weight is 378 g/mol. The molecule has 8 unspecified atom stereocenters. The molecule has 1 saturated heterocycles. The number of rotatable bonds is 1. The molecule has 1 aliphatic heterocycles. The van der Waals surface area contributed by atoms with Gasteiger partial charge < -0.3 is 9.47 Å². The third-order valence-corrected chi connectivity index (χ3v) is 8.56. The first-order valence-corrected chi connectivity index (χ1v) is 9.32.